The highest BCUT2D eigenvalue weighted by Crippen LogP contribution is 2.28. The quantitative estimate of drug-likeness (QED) is 0.797. The van der Waals surface area contributed by atoms with Crippen molar-refractivity contribution in [2.75, 3.05) is 5.32 Å². The standard InChI is InChI=1S/C19H22F2N2O/c1-4-13-6-5-7-16(12(2)3)18(13)23-19(24)22-11-14-10-15(20)8-9-17(14)21/h5-10,12H,4,11H2,1-3H3,(H2,22,23,24). The van der Waals surface area contributed by atoms with E-state index in [2.05, 4.69) is 24.5 Å². The number of anilines is 1. The molecule has 5 heteroatoms. The van der Waals surface area contributed by atoms with Crippen LogP contribution < -0.4 is 10.6 Å². The third-order valence-corrected chi connectivity index (χ3v) is 3.87. The fourth-order valence-electron chi connectivity index (χ4n) is 2.56. The molecule has 0 aliphatic carbocycles. The van der Waals surface area contributed by atoms with Crippen LogP contribution in [0.4, 0.5) is 19.3 Å². The summed E-state index contributed by atoms with van der Waals surface area (Å²) >= 11 is 0. The van der Waals surface area contributed by atoms with Gasteiger partial charge in [-0.05, 0) is 41.7 Å². The Bertz CT molecular complexity index is 729. The normalized spacial score (nSPS) is 10.8. The number of rotatable bonds is 5. The highest BCUT2D eigenvalue weighted by Gasteiger charge is 2.13. The third-order valence-electron chi connectivity index (χ3n) is 3.87. The number of amides is 2. The zero-order valence-electron chi connectivity index (χ0n) is 14.1. The van der Waals surface area contributed by atoms with Crippen LogP contribution in [0.1, 0.15) is 43.4 Å². The third kappa shape index (κ3) is 4.31. The first-order chi connectivity index (χ1) is 11.4. The lowest BCUT2D eigenvalue weighted by molar-refractivity contribution is 0.251. The van der Waals surface area contributed by atoms with Gasteiger partial charge >= 0.3 is 6.03 Å². The predicted molar refractivity (Wildman–Crippen MR) is 92.1 cm³/mol. The van der Waals surface area contributed by atoms with E-state index in [0.29, 0.717) is 0 Å². The van der Waals surface area contributed by atoms with Gasteiger partial charge in [0.2, 0.25) is 0 Å². The van der Waals surface area contributed by atoms with E-state index in [0.717, 1.165) is 41.4 Å². The predicted octanol–water partition coefficient (Wildman–Crippen LogP) is 4.97. The molecule has 2 aromatic carbocycles. The molecule has 0 aliphatic rings. The first kappa shape index (κ1) is 17.9. The summed E-state index contributed by atoms with van der Waals surface area (Å²) in [6.45, 7) is 6.05. The summed E-state index contributed by atoms with van der Waals surface area (Å²) in [5.41, 5.74) is 2.97. The molecule has 24 heavy (non-hydrogen) atoms. The highest BCUT2D eigenvalue weighted by molar-refractivity contribution is 5.91. The summed E-state index contributed by atoms with van der Waals surface area (Å²) in [7, 11) is 0. The molecular formula is C19H22F2N2O. The van der Waals surface area contributed by atoms with Crippen molar-refractivity contribution in [2.24, 2.45) is 0 Å². The smallest absolute Gasteiger partial charge is 0.319 e. The van der Waals surface area contributed by atoms with Crippen LogP contribution in [0, 0.1) is 11.6 Å². The molecule has 0 spiro atoms. The largest absolute Gasteiger partial charge is 0.334 e. The summed E-state index contributed by atoms with van der Waals surface area (Å²) < 4.78 is 26.8. The number of aryl methyl sites for hydroxylation is 1. The number of hydrogen-bond acceptors (Lipinski definition) is 1. The number of para-hydroxylation sites is 1. The molecular weight excluding hydrogens is 310 g/mol. The number of benzene rings is 2. The Hall–Kier alpha value is -2.43. The minimum absolute atomic E-state index is 0.0826. The van der Waals surface area contributed by atoms with Gasteiger partial charge in [0.05, 0.1) is 0 Å². The number of halogens is 2. The van der Waals surface area contributed by atoms with Crippen molar-refractivity contribution in [1.82, 2.24) is 5.32 Å². The SMILES string of the molecule is CCc1cccc(C(C)C)c1NC(=O)NCc1cc(F)ccc1F. The van der Waals surface area contributed by atoms with Crippen molar-refractivity contribution in [2.45, 2.75) is 39.7 Å². The van der Waals surface area contributed by atoms with Gasteiger partial charge in [-0.3, -0.25) is 0 Å². The van der Waals surface area contributed by atoms with E-state index in [-0.39, 0.29) is 18.0 Å². The molecule has 2 N–H and O–H groups in total. The molecule has 0 atom stereocenters. The Morgan fingerprint density at radius 2 is 1.88 bits per heavy atom. The van der Waals surface area contributed by atoms with E-state index < -0.39 is 17.7 Å². The van der Waals surface area contributed by atoms with E-state index in [1.54, 1.807) is 0 Å². The molecule has 0 aliphatic heterocycles. The van der Waals surface area contributed by atoms with Crippen LogP contribution in [-0.2, 0) is 13.0 Å². The van der Waals surface area contributed by atoms with Gasteiger partial charge in [0.25, 0.3) is 0 Å². The number of hydrogen-bond donors (Lipinski definition) is 2. The van der Waals surface area contributed by atoms with E-state index in [4.69, 9.17) is 0 Å². The second kappa shape index (κ2) is 7.90. The molecule has 3 nitrogen and oxygen atoms in total. The van der Waals surface area contributed by atoms with Gasteiger partial charge in [-0.2, -0.15) is 0 Å². The summed E-state index contributed by atoms with van der Waals surface area (Å²) in [6, 6.07) is 8.65. The molecule has 0 bridgehead atoms. The minimum atomic E-state index is -0.548. The first-order valence-corrected chi connectivity index (χ1v) is 8.03. The van der Waals surface area contributed by atoms with E-state index in [1.165, 1.54) is 0 Å². The summed E-state index contributed by atoms with van der Waals surface area (Å²) in [4.78, 5) is 12.2. The van der Waals surface area contributed by atoms with Crippen LogP contribution in [0.3, 0.4) is 0 Å². The molecule has 2 aromatic rings. The maximum Gasteiger partial charge on any atom is 0.319 e. The monoisotopic (exact) mass is 332 g/mol. The average molecular weight is 332 g/mol. The second-order valence-electron chi connectivity index (χ2n) is 5.93. The summed E-state index contributed by atoms with van der Waals surface area (Å²) in [5, 5.41) is 5.43. The second-order valence-corrected chi connectivity index (χ2v) is 5.93. The van der Waals surface area contributed by atoms with Crippen molar-refractivity contribution in [3.05, 3.63) is 64.7 Å². The molecule has 0 saturated carbocycles. The van der Waals surface area contributed by atoms with Crippen LogP contribution in [0.5, 0.6) is 0 Å². The Morgan fingerprint density at radius 1 is 1.12 bits per heavy atom. The topological polar surface area (TPSA) is 41.1 Å². The van der Waals surface area contributed by atoms with Gasteiger partial charge < -0.3 is 10.6 Å². The van der Waals surface area contributed by atoms with Gasteiger partial charge in [-0.25, -0.2) is 13.6 Å². The molecule has 2 rings (SSSR count). The van der Waals surface area contributed by atoms with E-state index in [9.17, 15) is 13.6 Å². The van der Waals surface area contributed by atoms with E-state index in [1.807, 2.05) is 25.1 Å². The molecule has 0 saturated heterocycles. The number of carbonyl (C=O) groups excluding carboxylic acids is 1. The minimum Gasteiger partial charge on any atom is -0.334 e. The average Bonchev–Trinajstić information content (AvgIpc) is 2.55. The van der Waals surface area contributed by atoms with Crippen molar-refractivity contribution in [3.63, 3.8) is 0 Å². The van der Waals surface area contributed by atoms with Crippen molar-refractivity contribution >= 4 is 11.7 Å². The molecule has 128 valence electrons. The number of carbonyl (C=O) groups is 1. The maximum absolute atomic E-state index is 13.6. The lowest BCUT2D eigenvalue weighted by atomic mass is 9.96. The van der Waals surface area contributed by atoms with Crippen LogP contribution in [0.25, 0.3) is 0 Å². The summed E-state index contributed by atoms with van der Waals surface area (Å²) in [6.07, 6.45) is 0.786. The Morgan fingerprint density at radius 3 is 2.54 bits per heavy atom. The first-order valence-electron chi connectivity index (χ1n) is 8.03. The molecule has 0 radical (unpaired) electrons. The molecule has 2 amide bonds. The van der Waals surface area contributed by atoms with Gasteiger partial charge in [-0.1, -0.05) is 39.0 Å². The lowest BCUT2D eigenvalue weighted by Gasteiger charge is -2.18. The number of urea groups is 1. The fourth-order valence-corrected chi connectivity index (χ4v) is 2.56. The Kier molecular flexibility index (Phi) is 5.90. The van der Waals surface area contributed by atoms with Crippen LogP contribution in [-0.4, -0.2) is 6.03 Å². The maximum atomic E-state index is 13.6. The molecule has 0 unspecified atom stereocenters. The van der Waals surface area contributed by atoms with Gasteiger partial charge in [0.1, 0.15) is 11.6 Å². The van der Waals surface area contributed by atoms with Crippen molar-refractivity contribution in [3.8, 4) is 0 Å². The molecule has 0 heterocycles. The zero-order chi connectivity index (χ0) is 17.7. The van der Waals surface area contributed by atoms with Gasteiger partial charge in [0.15, 0.2) is 0 Å². The lowest BCUT2D eigenvalue weighted by Crippen LogP contribution is -2.29. The Labute approximate surface area is 141 Å². The zero-order valence-corrected chi connectivity index (χ0v) is 14.1. The van der Waals surface area contributed by atoms with Crippen molar-refractivity contribution < 1.29 is 13.6 Å². The fraction of sp³-hybridized carbons (Fsp3) is 0.316. The number of nitrogens with one attached hydrogen (secondary N) is 2. The highest BCUT2D eigenvalue weighted by atomic mass is 19.1. The Balaban J connectivity index is 2.11. The van der Waals surface area contributed by atoms with Crippen molar-refractivity contribution in [1.29, 1.82) is 0 Å². The van der Waals surface area contributed by atoms with Crippen LogP contribution in [0.2, 0.25) is 0 Å². The molecule has 0 fully saturated rings. The van der Waals surface area contributed by atoms with Gasteiger partial charge in [0, 0.05) is 17.8 Å². The summed E-state index contributed by atoms with van der Waals surface area (Å²) in [5.74, 6) is -0.826. The van der Waals surface area contributed by atoms with E-state index >= 15 is 0 Å². The van der Waals surface area contributed by atoms with Crippen LogP contribution in [0.15, 0.2) is 36.4 Å². The van der Waals surface area contributed by atoms with Gasteiger partial charge in [-0.15, -0.1) is 0 Å². The van der Waals surface area contributed by atoms with Crippen LogP contribution >= 0.6 is 0 Å². The molecule has 0 aromatic heterocycles.